The van der Waals surface area contributed by atoms with Gasteiger partial charge in [0.25, 0.3) is 0 Å². The van der Waals surface area contributed by atoms with E-state index in [0.29, 0.717) is 37.4 Å². The van der Waals surface area contributed by atoms with E-state index >= 15 is 0 Å². The van der Waals surface area contributed by atoms with E-state index in [4.69, 9.17) is 0 Å². The van der Waals surface area contributed by atoms with Crippen molar-refractivity contribution in [2.45, 2.75) is 123 Å². The lowest BCUT2D eigenvalue weighted by Gasteiger charge is -2.40. The number of benzene rings is 2. The first-order valence-electron chi connectivity index (χ1n) is 16.7. The van der Waals surface area contributed by atoms with Gasteiger partial charge >= 0.3 is 0 Å². The van der Waals surface area contributed by atoms with Crippen LogP contribution in [0, 0.1) is 11.8 Å². The van der Waals surface area contributed by atoms with Crippen molar-refractivity contribution in [1.29, 1.82) is 0 Å². The number of carbonyl (C=O) groups is 3. The molecule has 5 N–H and O–H groups in total. The molecule has 3 unspecified atom stereocenters. The topological polar surface area (TPSA) is 131 Å². The third kappa shape index (κ3) is 11.1. The molecule has 0 aliphatic carbocycles. The number of nitrogens with one attached hydrogen (secondary N) is 3. The summed E-state index contributed by atoms with van der Waals surface area (Å²) in [7, 11) is 1.70. The number of fused-ring (bicyclic) bond motifs is 1. The normalized spacial score (nSPS) is 15.7. The molecule has 2 rings (SSSR count). The predicted molar refractivity (Wildman–Crippen MR) is 183 cm³/mol. The Bertz CT molecular complexity index is 1230. The highest BCUT2D eigenvalue weighted by Gasteiger charge is 2.45. The van der Waals surface area contributed by atoms with Gasteiger partial charge in [0.1, 0.15) is 11.6 Å². The van der Waals surface area contributed by atoms with E-state index in [1.165, 1.54) is 0 Å². The van der Waals surface area contributed by atoms with E-state index in [1.54, 1.807) is 25.8 Å². The van der Waals surface area contributed by atoms with E-state index < -0.39 is 41.6 Å². The maximum Gasteiger partial charge on any atom is 0.245 e. The van der Waals surface area contributed by atoms with Gasteiger partial charge in [-0.3, -0.25) is 19.3 Å². The second-order valence-corrected chi connectivity index (χ2v) is 13.4. The number of carbonyl (C=O) groups excluding carboxylic acids is 3. The minimum atomic E-state index is -1.59. The first-order valence-corrected chi connectivity index (χ1v) is 16.7. The molecule has 9 heteroatoms. The van der Waals surface area contributed by atoms with Crippen LogP contribution in [0.3, 0.4) is 0 Å². The van der Waals surface area contributed by atoms with Crippen molar-refractivity contribution in [3.8, 4) is 0 Å². The summed E-state index contributed by atoms with van der Waals surface area (Å²) in [6, 6.07) is 11.9. The van der Waals surface area contributed by atoms with Gasteiger partial charge in [-0.25, -0.2) is 0 Å². The molecule has 0 spiro atoms. The summed E-state index contributed by atoms with van der Waals surface area (Å²) in [6.45, 7) is 13.8. The number of nitrogens with zero attached hydrogens (tertiary/aromatic N) is 1. The quantitative estimate of drug-likeness (QED) is 0.150. The molecule has 0 aromatic heterocycles. The van der Waals surface area contributed by atoms with Crippen LogP contribution in [0.4, 0.5) is 5.69 Å². The number of likely N-dealkylation sites (N-methyl/N-ethyl adjacent to an activating group) is 1. The molecule has 9 nitrogen and oxygen atoms in total. The van der Waals surface area contributed by atoms with Crippen LogP contribution in [0.25, 0.3) is 10.8 Å². The summed E-state index contributed by atoms with van der Waals surface area (Å²) in [5.74, 6) is -0.713. The van der Waals surface area contributed by atoms with Crippen molar-refractivity contribution in [1.82, 2.24) is 16.0 Å². The highest BCUT2D eigenvalue weighted by Crippen LogP contribution is 2.31. The third-order valence-electron chi connectivity index (χ3n) is 8.29. The summed E-state index contributed by atoms with van der Waals surface area (Å²) < 4.78 is 0. The van der Waals surface area contributed by atoms with Crippen LogP contribution in [0.15, 0.2) is 42.5 Å². The zero-order valence-corrected chi connectivity index (χ0v) is 28.7. The molecular formula is C36H58N4O5. The van der Waals surface area contributed by atoms with Gasteiger partial charge in [-0.15, -0.1) is 0 Å². The fraction of sp³-hybridized carbons (Fsp3) is 0.639. The largest absolute Gasteiger partial charge is 0.393 e. The molecule has 0 fully saturated rings. The lowest BCUT2D eigenvalue weighted by atomic mass is 9.83. The van der Waals surface area contributed by atoms with Crippen molar-refractivity contribution in [3.63, 3.8) is 0 Å². The van der Waals surface area contributed by atoms with Crippen molar-refractivity contribution in [2.75, 3.05) is 18.5 Å². The molecule has 45 heavy (non-hydrogen) atoms. The Kier molecular flexibility index (Phi) is 15.5. The monoisotopic (exact) mass is 626 g/mol. The molecule has 0 saturated heterocycles. The predicted octanol–water partition coefficient (Wildman–Crippen LogP) is 4.92. The molecule has 2 aromatic rings. The van der Waals surface area contributed by atoms with Gasteiger partial charge < -0.3 is 26.2 Å². The minimum absolute atomic E-state index is 0.0596. The zero-order valence-electron chi connectivity index (χ0n) is 28.7. The van der Waals surface area contributed by atoms with Crippen LogP contribution in [-0.4, -0.2) is 71.4 Å². The highest BCUT2D eigenvalue weighted by atomic mass is 16.3. The van der Waals surface area contributed by atoms with Crippen molar-refractivity contribution in [2.24, 2.45) is 11.8 Å². The van der Waals surface area contributed by atoms with Gasteiger partial charge in [-0.2, -0.15) is 0 Å². The third-order valence-corrected chi connectivity index (χ3v) is 8.29. The molecule has 0 saturated carbocycles. The van der Waals surface area contributed by atoms with E-state index in [0.717, 1.165) is 23.6 Å². The zero-order chi connectivity index (χ0) is 33.7. The average molecular weight is 627 g/mol. The van der Waals surface area contributed by atoms with E-state index in [9.17, 15) is 24.6 Å². The first kappa shape index (κ1) is 38.2. The number of hydrogen-bond donors (Lipinski definition) is 5. The summed E-state index contributed by atoms with van der Waals surface area (Å²) in [5.41, 5.74) is -0.984. The van der Waals surface area contributed by atoms with Crippen LogP contribution in [0.2, 0.25) is 0 Å². The molecule has 0 bridgehead atoms. The summed E-state index contributed by atoms with van der Waals surface area (Å²) in [4.78, 5) is 44.4. The van der Waals surface area contributed by atoms with Gasteiger partial charge in [-0.1, -0.05) is 83.9 Å². The number of amides is 3. The van der Waals surface area contributed by atoms with Crippen LogP contribution in [0.5, 0.6) is 0 Å². The number of unbranched alkanes of at least 4 members (excludes halogenated alkanes) is 1. The number of anilines is 1. The summed E-state index contributed by atoms with van der Waals surface area (Å²) >= 11 is 0. The molecular weight excluding hydrogens is 568 g/mol. The van der Waals surface area contributed by atoms with E-state index in [1.807, 2.05) is 63.2 Å². The maximum atomic E-state index is 14.6. The van der Waals surface area contributed by atoms with Gasteiger partial charge in [0, 0.05) is 24.8 Å². The SMILES string of the molecule is CCCC[C@@H](C(=O)NC(CC(C)O)(CC(O)CCC(C)C)C(=O)NCC(C)C)N(C(=O)[C@H](C)NC)c1cccc2ccccc12. The Balaban J connectivity index is 2.71. The number of hydrogen-bond acceptors (Lipinski definition) is 6. The minimum Gasteiger partial charge on any atom is -0.393 e. The van der Waals surface area contributed by atoms with Crippen molar-refractivity contribution < 1.29 is 24.6 Å². The van der Waals surface area contributed by atoms with Gasteiger partial charge in [0.05, 0.1) is 23.9 Å². The molecule has 0 radical (unpaired) electrons. The second-order valence-electron chi connectivity index (χ2n) is 13.4. The van der Waals surface area contributed by atoms with E-state index in [-0.39, 0.29) is 24.7 Å². The fourth-order valence-electron chi connectivity index (χ4n) is 5.71. The Hall–Kier alpha value is -3.01. The number of rotatable bonds is 19. The van der Waals surface area contributed by atoms with Crippen LogP contribution in [-0.2, 0) is 14.4 Å². The van der Waals surface area contributed by atoms with Gasteiger partial charge in [0.15, 0.2) is 0 Å². The Labute approximate surface area is 270 Å². The summed E-state index contributed by atoms with van der Waals surface area (Å²) in [6.07, 6.45) is 1.05. The molecule has 0 aliphatic heterocycles. The van der Waals surface area contributed by atoms with Gasteiger partial charge in [0.2, 0.25) is 17.7 Å². The standard InChI is InChI=1S/C36H58N4O5/c1-9-10-17-32(40(34(44)27(7)37-8)31-18-13-15-28-14-11-12-16-30(28)31)33(43)39-36(21-26(6)41,35(45)38-23-25(4)5)22-29(42)20-19-24(2)3/h11-16,18,24-27,29,32,37,41-42H,9-10,17,19-23H2,1-8H3,(H,38,45)(H,39,43)/t26?,27-,29?,32-,36?/m0/s1. The highest BCUT2D eigenvalue weighted by molar-refractivity contribution is 6.09. The average Bonchev–Trinajstić information content (AvgIpc) is 2.99. The lowest BCUT2D eigenvalue weighted by molar-refractivity contribution is -0.138. The summed E-state index contributed by atoms with van der Waals surface area (Å²) in [5, 5.41) is 32.6. The van der Waals surface area contributed by atoms with Crippen molar-refractivity contribution >= 4 is 34.2 Å². The van der Waals surface area contributed by atoms with Crippen molar-refractivity contribution in [3.05, 3.63) is 42.5 Å². The van der Waals surface area contributed by atoms with Crippen LogP contribution in [0.1, 0.15) is 93.4 Å². The molecule has 0 heterocycles. The van der Waals surface area contributed by atoms with E-state index in [2.05, 4.69) is 29.8 Å². The van der Waals surface area contributed by atoms with Gasteiger partial charge in [-0.05, 0) is 63.4 Å². The van der Waals surface area contributed by atoms with Crippen LogP contribution < -0.4 is 20.9 Å². The molecule has 252 valence electrons. The lowest BCUT2D eigenvalue weighted by Crippen LogP contribution is -2.65. The Morgan fingerprint density at radius 3 is 2.13 bits per heavy atom. The molecule has 0 aliphatic rings. The Morgan fingerprint density at radius 2 is 1.53 bits per heavy atom. The molecule has 3 amide bonds. The molecule has 5 atom stereocenters. The second kappa shape index (κ2) is 18.2. The number of aliphatic hydroxyl groups is 2. The number of aliphatic hydroxyl groups excluding tert-OH is 2. The first-order chi connectivity index (χ1) is 21.3. The molecule has 2 aromatic carbocycles. The Morgan fingerprint density at radius 1 is 0.867 bits per heavy atom. The maximum absolute atomic E-state index is 14.6. The smallest absolute Gasteiger partial charge is 0.245 e. The van der Waals surface area contributed by atoms with Crippen LogP contribution >= 0.6 is 0 Å². The fourth-order valence-corrected chi connectivity index (χ4v) is 5.71.